The van der Waals surface area contributed by atoms with Crippen molar-refractivity contribution in [2.75, 3.05) is 0 Å². The highest BCUT2D eigenvalue weighted by Crippen LogP contribution is 2.27. The van der Waals surface area contributed by atoms with Crippen LogP contribution in [0.5, 0.6) is 5.75 Å². The summed E-state index contributed by atoms with van der Waals surface area (Å²) < 4.78 is 11.2. The van der Waals surface area contributed by atoms with E-state index in [-0.39, 0.29) is 5.91 Å². The van der Waals surface area contributed by atoms with Crippen molar-refractivity contribution in [2.24, 2.45) is 0 Å². The maximum atomic E-state index is 12.4. The summed E-state index contributed by atoms with van der Waals surface area (Å²) >= 11 is 0. The van der Waals surface area contributed by atoms with Crippen molar-refractivity contribution >= 4 is 5.91 Å². The first-order valence-electron chi connectivity index (χ1n) is 8.30. The second-order valence-electron chi connectivity index (χ2n) is 6.03. The molecular weight excluding hydrogens is 316 g/mol. The van der Waals surface area contributed by atoms with Gasteiger partial charge in [0.05, 0.1) is 6.26 Å². The molecule has 25 heavy (non-hydrogen) atoms. The molecule has 0 fully saturated rings. The fraction of sp³-hybridized carbons (Fsp3) is 0.200. The summed E-state index contributed by atoms with van der Waals surface area (Å²) in [5.74, 6) is 1.46. The van der Waals surface area contributed by atoms with Gasteiger partial charge in [-0.25, -0.2) is 0 Å². The van der Waals surface area contributed by atoms with Crippen molar-refractivity contribution < 1.29 is 13.9 Å². The molecule has 3 heterocycles. The monoisotopic (exact) mass is 334 g/mol. The highest BCUT2D eigenvalue weighted by Gasteiger charge is 2.25. The lowest BCUT2D eigenvalue weighted by Gasteiger charge is -2.25. The topological polar surface area (TPSA) is 64.4 Å². The van der Waals surface area contributed by atoms with Gasteiger partial charge in [0, 0.05) is 24.5 Å². The minimum absolute atomic E-state index is 0.0992. The minimum atomic E-state index is -0.448. The molecule has 1 atom stereocenters. The van der Waals surface area contributed by atoms with Crippen molar-refractivity contribution in [1.82, 2.24) is 10.3 Å². The van der Waals surface area contributed by atoms with E-state index in [2.05, 4.69) is 10.3 Å². The number of furan rings is 1. The number of aromatic nitrogens is 1. The molecule has 1 amide bonds. The molecule has 5 nitrogen and oxygen atoms in total. The number of carbonyl (C=O) groups excluding carboxylic acids is 1. The van der Waals surface area contributed by atoms with Crippen LogP contribution >= 0.6 is 0 Å². The third-order valence-electron chi connectivity index (χ3n) is 4.28. The number of ether oxygens (including phenoxy) is 1. The van der Waals surface area contributed by atoms with Gasteiger partial charge in [0.1, 0.15) is 11.5 Å². The van der Waals surface area contributed by atoms with Crippen molar-refractivity contribution in [3.05, 3.63) is 72.2 Å². The lowest BCUT2D eigenvalue weighted by atomic mass is 10.0. The van der Waals surface area contributed by atoms with E-state index in [0.29, 0.717) is 13.0 Å². The number of amides is 1. The van der Waals surface area contributed by atoms with Gasteiger partial charge in [0.2, 0.25) is 0 Å². The van der Waals surface area contributed by atoms with Crippen LogP contribution in [-0.2, 0) is 17.8 Å². The van der Waals surface area contributed by atoms with Gasteiger partial charge in [-0.1, -0.05) is 18.2 Å². The van der Waals surface area contributed by atoms with Crippen LogP contribution in [0.4, 0.5) is 0 Å². The quantitative estimate of drug-likeness (QED) is 0.795. The molecule has 0 saturated heterocycles. The van der Waals surface area contributed by atoms with Crippen LogP contribution in [0.3, 0.4) is 0 Å². The number of pyridine rings is 1. The van der Waals surface area contributed by atoms with Crippen molar-refractivity contribution in [1.29, 1.82) is 0 Å². The van der Waals surface area contributed by atoms with Gasteiger partial charge in [-0.15, -0.1) is 0 Å². The Kier molecular flexibility index (Phi) is 4.21. The number of benzene rings is 1. The summed E-state index contributed by atoms with van der Waals surface area (Å²) in [6, 6.07) is 13.5. The molecule has 0 bridgehead atoms. The molecule has 1 aliphatic rings. The number of aryl methyl sites for hydroxylation is 1. The van der Waals surface area contributed by atoms with E-state index < -0.39 is 6.10 Å². The van der Waals surface area contributed by atoms with Crippen LogP contribution in [-0.4, -0.2) is 17.0 Å². The average Bonchev–Trinajstić information content (AvgIpc) is 3.21. The molecule has 1 N–H and O–H groups in total. The Morgan fingerprint density at radius 2 is 2.12 bits per heavy atom. The zero-order valence-electron chi connectivity index (χ0n) is 13.6. The molecule has 0 saturated carbocycles. The van der Waals surface area contributed by atoms with Gasteiger partial charge in [0.25, 0.3) is 5.91 Å². The van der Waals surface area contributed by atoms with Gasteiger partial charge < -0.3 is 14.5 Å². The number of carbonyl (C=O) groups is 1. The molecule has 5 heteroatoms. The van der Waals surface area contributed by atoms with Crippen LogP contribution in [0.2, 0.25) is 0 Å². The lowest BCUT2D eigenvalue weighted by Crippen LogP contribution is -2.40. The van der Waals surface area contributed by atoms with Crippen LogP contribution in [0.1, 0.15) is 17.5 Å². The SMILES string of the molecule is O=C(NCc1cncc(-c2ccco2)c1)C1CCc2ccccc2O1. The lowest BCUT2D eigenvalue weighted by molar-refractivity contribution is -0.128. The zero-order chi connectivity index (χ0) is 17.1. The smallest absolute Gasteiger partial charge is 0.261 e. The number of hydrogen-bond acceptors (Lipinski definition) is 4. The van der Waals surface area contributed by atoms with E-state index in [4.69, 9.17) is 9.15 Å². The molecule has 4 rings (SSSR count). The summed E-state index contributed by atoms with van der Waals surface area (Å²) in [6.45, 7) is 0.405. The van der Waals surface area contributed by atoms with E-state index in [9.17, 15) is 4.79 Å². The van der Waals surface area contributed by atoms with Gasteiger partial charge >= 0.3 is 0 Å². The summed E-state index contributed by atoms with van der Waals surface area (Å²) in [7, 11) is 0. The third kappa shape index (κ3) is 3.40. The van der Waals surface area contributed by atoms with Crippen molar-refractivity contribution in [3.8, 4) is 17.1 Å². The fourth-order valence-electron chi connectivity index (χ4n) is 2.97. The first kappa shape index (κ1) is 15.4. The molecule has 1 aromatic carbocycles. The van der Waals surface area contributed by atoms with Crippen LogP contribution in [0.15, 0.2) is 65.5 Å². The molecule has 1 aliphatic heterocycles. The predicted octanol–water partition coefficient (Wildman–Crippen LogP) is 3.35. The Balaban J connectivity index is 1.39. The van der Waals surface area contributed by atoms with Crippen LogP contribution in [0.25, 0.3) is 11.3 Å². The Morgan fingerprint density at radius 1 is 1.20 bits per heavy atom. The first-order chi connectivity index (χ1) is 12.3. The normalized spacial score (nSPS) is 15.9. The zero-order valence-corrected chi connectivity index (χ0v) is 13.6. The largest absolute Gasteiger partial charge is 0.480 e. The summed E-state index contributed by atoms with van der Waals surface area (Å²) in [5.41, 5.74) is 2.96. The van der Waals surface area contributed by atoms with E-state index in [0.717, 1.165) is 34.6 Å². The highest BCUT2D eigenvalue weighted by atomic mass is 16.5. The predicted molar refractivity (Wildman–Crippen MR) is 93.0 cm³/mol. The highest BCUT2D eigenvalue weighted by molar-refractivity contribution is 5.81. The van der Waals surface area contributed by atoms with Gasteiger partial charge in [0.15, 0.2) is 6.10 Å². The second-order valence-corrected chi connectivity index (χ2v) is 6.03. The van der Waals surface area contributed by atoms with Gasteiger partial charge in [-0.05, 0) is 48.2 Å². The summed E-state index contributed by atoms with van der Waals surface area (Å²) in [6.07, 6.45) is 6.20. The number of rotatable bonds is 4. The van der Waals surface area contributed by atoms with E-state index in [1.54, 1.807) is 18.7 Å². The van der Waals surface area contributed by atoms with E-state index >= 15 is 0 Å². The third-order valence-corrected chi connectivity index (χ3v) is 4.28. The number of nitrogens with one attached hydrogen (secondary N) is 1. The summed E-state index contributed by atoms with van der Waals surface area (Å²) in [5, 5.41) is 2.94. The number of hydrogen-bond donors (Lipinski definition) is 1. The molecule has 3 aromatic rings. The molecule has 0 aliphatic carbocycles. The van der Waals surface area contributed by atoms with Crippen LogP contribution < -0.4 is 10.1 Å². The number of para-hydroxylation sites is 1. The van der Waals surface area contributed by atoms with E-state index in [1.165, 1.54) is 0 Å². The van der Waals surface area contributed by atoms with Gasteiger partial charge in [-0.3, -0.25) is 9.78 Å². The maximum absolute atomic E-state index is 12.4. The number of nitrogens with zero attached hydrogens (tertiary/aromatic N) is 1. The van der Waals surface area contributed by atoms with Gasteiger partial charge in [-0.2, -0.15) is 0 Å². The first-order valence-corrected chi connectivity index (χ1v) is 8.30. The second kappa shape index (κ2) is 6.81. The van der Waals surface area contributed by atoms with Crippen molar-refractivity contribution in [3.63, 3.8) is 0 Å². The molecule has 0 spiro atoms. The Morgan fingerprint density at radius 3 is 3.00 bits per heavy atom. The Bertz CT molecular complexity index is 874. The fourth-order valence-corrected chi connectivity index (χ4v) is 2.97. The molecule has 0 radical (unpaired) electrons. The van der Waals surface area contributed by atoms with Crippen LogP contribution in [0, 0.1) is 0 Å². The standard InChI is InChI=1S/C20H18N2O3/c23-20(19-8-7-15-4-1-2-5-18(15)25-19)22-12-14-10-16(13-21-11-14)17-6-3-9-24-17/h1-6,9-11,13,19H,7-8,12H2,(H,22,23). The Hall–Kier alpha value is -3.08. The molecule has 126 valence electrons. The number of fused-ring (bicyclic) bond motifs is 1. The molecule has 1 unspecified atom stereocenters. The Labute approximate surface area is 145 Å². The maximum Gasteiger partial charge on any atom is 0.261 e. The molecule has 2 aromatic heterocycles. The average molecular weight is 334 g/mol. The van der Waals surface area contributed by atoms with Crippen molar-refractivity contribution in [2.45, 2.75) is 25.5 Å². The summed E-state index contributed by atoms with van der Waals surface area (Å²) in [4.78, 5) is 16.6. The minimum Gasteiger partial charge on any atom is -0.480 e. The molecular formula is C20H18N2O3. The van der Waals surface area contributed by atoms with E-state index in [1.807, 2.05) is 42.5 Å².